The fourth-order valence-corrected chi connectivity index (χ4v) is 10.4. The molecule has 230 valence electrons. The lowest BCUT2D eigenvalue weighted by atomic mass is 9.66. The molecule has 3 heterocycles. The van der Waals surface area contributed by atoms with Gasteiger partial charge in [-0.2, -0.15) is 0 Å². The zero-order valence-corrected chi connectivity index (χ0v) is 26.0. The monoisotopic (exact) mass is 619 g/mol. The Morgan fingerprint density at radius 1 is 0.911 bits per heavy atom. The molecule has 3 amide bonds. The SMILES string of the molecule is CC1C[C@@H]2SC13C(C(=O)Nc1ccc4ccccc4c1)N([C@@H](CO)Cc1ccccc1)C(=O)[C@@H]3[C@@H]2C(=O)NCc1ccccc1. The van der Waals surface area contributed by atoms with Gasteiger partial charge in [0.1, 0.15) is 6.04 Å². The van der Waals surface area contributed by atoms with Crippen molar-refractivity contribution in [3.05, 3.63) is 114 Å². The number of nitrogens with zero attached hydrogens (tertiary/aromatic N) is 1. The number of fused-ring (bicyclic) bond motifs is 2. The number of rotatable bonds is 9. The highest BCUT2D eigenvalue weighted by molar-refractivity contribution is 8.02. The molecular formula is C37H37N3O4S. The number of likely N-dealkylation sites (tertiary alicyclic amines) is 1. The van der Waals surface area contributed by atoms with Gasteiger partial charge >= 0.3 is 0 Å². The van der Waals surface area contributed by atoms with Gasteiger partial charge in [-0.05, 0) is 52.8 Å². The molecule has 3 aliphatic heterocycles. The second-order valence-electron chi connectivity index (χ2n) is 12.6. The highest BCUT2D eigenvalue weighted by Crippen LogP contribution is 2.68. The number of thioether (sulfide) groups is 1. The van der Waals surface area contributed by atoms with E-state index in [0.29, 0.717) is 18.7 Å². The minimum Gasteiger partial charge on any atom is -0.394 e. The van der Waals surface area contributed by atoms with Crippen molar-refractivity contribution in [3.63, 3.8) is 0 Å². The molecule has 3 aliphatic rings. The largest absolute Gasteiger partial charge is 0.394 e. The lowest BCUT2D eigenvalue weighted by Gasteiger charge is -2.40. The molecule has 3 unspecified atom stereocenters. The van der Waals surface area contributed by atoms with Crippen molar-refractivity contribution < 1.29 is 19.5 Å². The molecule has 8 heteroatoms. The summed E-state index contributed by atoms with van der Waals surface area (Å²) in [5, 5.41) is 19.0. The number of carbonyl (C=O) groups excluding carboxylic acids is 3. The van der Waals surface area contributed by atoms with Gasteiger partial charge in [-0.15, -0.1) is 11.8 Å². The molecule has 45 heavy (non-hydrogen) atoms. The molecule has 7 nitrogen and oxygen atoms in total. The summed E-state index contributed by atoms with van der Waals surface area (Å²) < 4.78 is -0.790. The van der Waals surface area contributed by atoms with Crippen LogP contribution in [0.3, 0.4) is 0 Å². The van der Waals surface area contributed by atoms with E-state index in [-0.39, 0.29) is 35.5 Å². The summed E-state index contributed by atoms with van der Waals surface area (Å²) >= 11 is 1.64. The summed E-state index contributed by atoms with van der Waals surface area (Å²) in [4.78, 5) is 44.7. The molecular weight excluding hydrogens is 582 g/mol. The third-order valence-corrected chi connectivity index (χ3v) is 12.1. The second kappa shape index (κ2) is 12.0. The number of benzene rings is 4. The first-order chi connectivity index (χ1) is 21.9. The summed E-state index contributed by atoms with van der Waals surface area (Å²) in [6.07, 6.45) is 1.15. The zero-order chi connectivity index (χ0) is 31.1. The molecule has 3 fully saturated rings. The van der Waals surface area contributed by atoms with Crippen LogP contribution in [0.4, 0.5) is 5.69 Å². The number of nitrogens with one attached hydrogen (secondary N) is 2. The summed E-state index contributed by atoms with van der Waals surface area (Å²) in [6, 6.07) is 31.8. The van der Waals surface area contributed by atoms with E-state index >= 15 is 0 Å². The standard InChI is InChI=1S/C37H37N3O4S/c1-23-18-30-31(34(42)38-21-25-12-6-3-7-13-25)32-36(44)40(29(22-41)19-24-10-4-2-5-11-24)33(37(23,32)45-30)35(43)39-28-17-16-26-14-8-9-15-27(26)20-28/h2-17,20,23,29-33,41H,18-19,21-22H2,1H3,(H,38,42)(H,39,43)/t23?,29-,30+,31-,32+,33?,37?/m1/s1. The Morgan fingerprint density at radius 3 is 2.29 bits per heavy atom. The van der Waals surface area contributed by atoms with Crippen LogP contribution in [-0.4, -0.2) is 56.4 Å². The van der Waals surface area contributed by atoms with Crippen LogP contribution >= 0.6 is 11.8 Å². The van der Waals surface area contributed by atoms with Gasteiger partial charge < -0.3 is 20.6 Å². The van der Waals surface area contributed by atoms with Gasteiger partial charge in [0.05, 0.1) is 29.2 Å². The van der Waals surface area contributed by atoms with Crippen LogP contribution in [0.5, 0.6) is 0 Å². The molecule has 7 atom stereocenters. The van der Waals surface area contributed by atoms with Crippen molar-refractivity contribution in [2.75, 3.05) is 11.9 Å². The Labute approximate surface area is 267 Å². The van der Waals surface area contributed by atoms with Gasteiger partial charge in [0.2, 0.25) is 17.7 Å². The van der Waals surface area contributed by atoms with E-state index in [0.717, 1.165) is 28.3 Å². The van der Waals surface area contributed by atoms with Crippen LogP contribution in [0.25, 0.3) is 10.8 Å². The number of hydrogen-bond donors (Lipinski definition) is 3. The molecule has 7 rings (SSSR count). The minimum atomic E-state index is -0.848. The third-order valence-electron chi connectivity index (χ3n) is 9.98. The van der Waals surface area contributed by atoms with Crippen LogP contribution in [0.2, 0.25) is 0 Å². The van der Waals surface area contributed by atoms with E-state index in [1.54, 1.807) is 16.7 Å². The zero-order valence-electron chi connectivity index (χ0n) is 25.1. The van der Waals surface area contributed by atoms with Gasteiger partial charge in [-0.3, -0.25) is 14.4 Å². The van der Waals surface area contributed by atoms with Crippen LogP contribution < -0.4 is 10.6 Å². The Kier molecular flexibility index (Phi) is 7.88. The predicted molar refractivity (Wildman–Crippen MR) is 177 cm³/mol. The predicted octanol–water partition coefficient (Wildman–Crippen LogP) is 5.04. The number of carbonyl (C=O) groups is 3. The maximum atomic E-state index is 14.7. The van der Waals surface area contributed by atoms with Crippen molar-refractivity contribution in [3.8, 4) is 0 Å². The summed E-state index contributed by atoms with van der Waals surface area (Å²) in [6.45, 7) is 2.19. The molecule has 1 spiro atoms. The maximum Gasteiger partial charge on any atom is 0.248 e. The summed E-state index contributed by atoms with van der Waals surface area (Å²) in [5.74, 6) is -1.85. The van der Waals surface area contributed by atoms with Crippen molar-refractivity contribution in [2.45, 2.75) is 48.4 Å². The van der Waals surface area contributed by atoms with Crippen LogP contribution in [-0.2, 0) is 27.3 Å². The van der Waals surface area contributed by atoms with Gasteiger partial charge in [0.25, 0.3) is 0 Å². The van der Waals surface area contributed by atoms with Crippen LogP contribution in [0, 0.1) is 17.8 Å². The lowest BCUT2D eigenvalue weighted by Crippen LogP contribution is -2.57. The van der Waals surface area contributed by atoms with E-state index in [9.17, 15) is 19.5 Å². The third kappa shape index (κ3) is 5.10. The molecule has 2 bridgehead atoms. The van der Waals surface area contributed by atoms with E-state index in [4.69, 9.17) is 0 Å². The molecule has 0 aromatic heterocycles. The van der Waals surface area contributed by atoms with Crippen LogP contribution in [0.15, 0.2) is 103 Å². The summed E-state index contributed by atoms with van der Waals surface area (Å²) in [7, 11) is 0. The molecule has 4 aromatic carbocycles. The van der Waals surface area contributed by atoms with E-state index in [2.05, 4.69) is 17.6 Å². The lowest BCUT2D eigenvalue weighted by molar-refractivity contribution is -0.142. The Hall–Kier alpha value is -4.14. The van der Waals surface area contributed by atoms with Gasteiger partial charge in [0.15, 0.2) is 0 Å². The van der Waals surface area contributed by atoms with Crippen LogP contribution in [0.1, 0.15) is 24.5 Å². The maximum absolute atomic E-state index is 14.7. The molecule has 4 aromatic rings. The number of aliphatic hydroxyl groups is 1. The number of amides is 3. The summed E-state index contributed by atoms with van der Waals surface area (Å²) in [5.41, 5.74) is 2.60. The second-order valence-corrected chi connectivity index (χ2v) is 14.1. The average Bonchev–Trinajstić information content (AvgIpc) is 3.67. The minimum absolute atomic E-state index is 0.0213. The van der Waals surface area contributed by atoms with Gasteiger partial charge in [0, 0.05) is 17.5 Å². The highest BCUT2D eigenvalue weighted by Gasteiger charge is 2.76. The van der Waals surface area contributed by atoms with E-state index in [1.807, 2.05) is 103 Å². The fourth-order valence-electron chi connectivity index (χ4n) is 7.97. The fraction of sp³-hybridized carbons (Fsp3) is 0.324. The first-order valence-electron chi connectivity index (χ1n) is 15.7. The van der Waals surface area contributed by atoms with Crippen molar-refractivity contribution in [1.29, 1.82) is 0 Å². The van der Waals surface area contributed by atoms with Gasteiger partial charge in [-0.25, -0.2) is 0 Å². The number of aliphatic hydroxyl groups excluding tert-OH is 1. The Bertz CT molecular complexity index is 1730. The molecule has 0 aliphatic carbocycles. The quantitative estimate of drug-likeness (QED) is 0.244. The Balaban J connectivity index is 1.25. The molecule has 0 radical (unpaired) electrons. The number of anilines is 1. The smallest absolute Gasteiger partial charge is 0.248 e. The normalized spacial score (nSPS) is 27.4. The highest BCUT2D eigenvalue weighted by atomic mass is 32.2. The average molecular weight is 620 g/mol. The number of hydrogen-bond acceptors (Lipinski definition) is 5. The first kappa shape index (κ1) is 29.6. The van der Waals surface area contributed by atoms with Crippen molar-refractivity contribution in [1.82, 2.24) is 10.2 Å². The van der Waals surface area contributed by atoms with Crippen molar-refractivity contribution >= 4 is 45.9 Å². The van der Waals surface area contributed by atoms with Crippen molar-refractivity contribution in [2.24, 2.45) is 17.8 Å². The topological polar surface area (TPSA) is 98.7 Å². The first-order valence-corrected chi connectivity index (χ1v) is 16.5. The van der Waals surface area contributed by atoms with E-state index < -0.39 is 28.7 Å². The van der Waals surface area contributed by atoms with E-state index in [1.165, 1.54) is 0 Å². The van der Waals surface area contributed by atoms with Gasteiger partial charge in [-0.1, -0.05) is 97.9 Å². The molecule has 3 N–H and O–H groups in total. The molecule has 3 saturated heterocycles. The Morgan fingerprint density at radius 2 is 1.58 bits per heavy atom. The molecule has 0 saturated carbocycles.